The Labute approximate surface area is 134 Å². The Hall–Kier alpha value is -2.51. The first-order valence-electron chi connectivity index (χ1n) is 7.82. The Bertz CT molecular complexity index is 692. The van der Waals surface area contributed by atoms with Gasteiger partial charge in [-0.25, -0.2) is 9.67 Å². The smallest absolute Gasteiger partial charge is 0.271 e. The molecule has 0 aromatic carbocycles. The fourth-order valence-electron chi connectivity index (χ4n) is 2.56. The van der Waals surface area contributed by atoms with Gasteiger partial charge < -0.3 is 10.6 Å². The first-order chi connectivity index (χ1) is 11.1. The average Bonchev–Trinajstić information content (AvgIpc) is 2.98. The van der Waals surface area contributed by atoms with Crippen molar-refractivity contribution in [3.05, 3.63) is 29.5 Å². The minimum atomic E-state index is -0.241. The van der Waals surface area contributed by atoms with Crippen molar-refractivity contribution in [1.82, 2.24) is 30.3 Å². The van der Waals surface area contributed by atoms with E-state index < -0.39 is 0 Å². The molecule has 2 aromatic rings. The number of aromatic nitrogens is 5. The molecule has 0 spiro atoms. The molecule has 1 unspecified atom stereocenters. The van der Waals surface area contributed by atoms with Crippen LogP contribution in [0, 0.1) is 0 Å². The predicted octanol–water partition coefficient (Wildman–Crippen LogP) is 0.978. The van der Waals surface area contributed by atoms with Crippen LogP contribution in [0.4, 0.5) is 5.82 Å². The number of hydrogen-bond donors (Lipinski definition) is 2. The quantitative estimate of drug-likeness (QED) is 0.873. The molecule has 1 aliphatic rings. The lowest BCUT2D eigenvalue weighted by molar-refractivity contribution is 0.0957. The molecule has 0 saturated carbocycles. The highest BCUT2D eigenvalue weighted by molar-refractivity contribution is 5.91. The highest BCUT2D eigenvalue weighted by Crippen LogP contribution is 2.19. The number of carbonyl (C=O) groups excluding carboxylic acids is 1. The lowest BCUT2D eigenvalue weighted by Crippen LogP contribution is -2.32. The van der Waals surface area contributed by atoms with Crippen LogP contribution in [-0.2, 0) is 13.0 Å². The zero-order valence-corrected chi connectivity index (χ0v) is 13.6. The second-order valence-electron chi connectivity index (χ2n) is 5.99. The number of aryl methyl sites for hydroxylation is 1. The van der Waals surface area contributed by atoms with Crippen LogP contribution < -0.4 is 10.6 Å². The Balaban J connectivity index is 1.66. The van der Waals surface area contributed by atoms with Crippen molar-refractivity contribution in [2.24, 2.45) is 0 Å². The van der Waals surface area contributed by atoms with Crippen LogP contribution in [0.15, 0.2) is 12.1 Å². The number of hydrogen-bond acceptors (Lipinski definition) is 6. The summed E-state index contributed by atoms with van der Waals surface area (Å²) in [6, 6.07) is 3.66. The van der Waals surface area contributed by atoms with Crippen LogP contribution in [-0.4, -0.2) is 44.0 Å². The van der Waals surface area contributed by atoms with Crippen LogP contribution in [0.5, 0.6) is 0 Å². The summed E-state index contributed by atoms with van der Waals surface area (Å²) in [7, 11) is 1.57. The van der Waals surface area contributed by atoms with Crippen LogP contribution >= 0.6 is 0 Å². The summed E-state index contributed by atoms with van der Waals surface area (Å²) in [6.07, 6.45) is 1.86. The summed E-state index contributed by atoms with van der Waals surface area (Å²) in [4.78, 5) is 16.0. The largest absolute Gasteiger partial charge is 0.364 e. The first-order valence-corrected chi connectivity index (χ1v) is 7.82. The normalized spacial score (nSPS) is 17.0. The number of nitrogens with one attached hydrogen (secondary N) is 2. The summed E-state index contributed by atoms with van der Waals surface area (Å²) in [5.41, 5.74) is 0.307. The van der Waals surface area contributed by atoms with E-state index >= 15 is 0 Å². The number of anilines is 1. The number of amides is 1. The van der Waals surface area contributed by atoms with Crippen LogP contribution in [0.3, 0.4) is 0 Å². The van der Waals surface area contributed by atoms with Crippen molar-refractivity contribution in [2.75, 3.05) is 12.4 Å². The van der Waals surface area contributed by atoms with Crippen molar-refractivity contribution in [3.63, 3.8) is 0 Å². The monoisotopic (exact) mass is 315 g/mol. The number of rotatable bonds is 4. The predicted molar refractivity (Wildman–Crippen MR) is 85.3 cm³/mol. The summed E-state index contributed by atoms with van der Waals surface area (Å²) >= 11 is 0. The second kappa shape index (κ2) is 6.31. The maximum Gasteiger partial charge on any atom is 0.271 e. The van der Waals surface area contributed by atoms with Gasteiger partial charge in [-0.1, -0.05) is 13.8 Å². The van der Waals surface area contributed by atoms with E-state index in [9.17, 15) is 4.79 Å². The SMILES string of the molecule is CNC(=O)c1ccc(NC2CCc3nc(C(C)C)nn3C2)nn1. The van der Waals surface area contributed by atoms with E-state index in [0.717, 1.165) is 31.0 Å². The molecule has 1 atom stereocenters. The molecule has 0 radical (unpaired) electrons. The van der Waals surface area contributed by atoms with Gasteiger partial charge in [0.05, 0.1) is 6.54 Å². The molecule has 0 bridgehead atoms. The number of carbonyl (C=O) groups is 1. The minimum absolute atomic E-state index is 0.226. The van der Waals surface area contributed by atoms with E-state index in [0.29, 0.717) is 17.4 Å². The maximum atomic E-state index is 11.5. The zero-order chi connectivity index (χ0) is 16.4. The third-order valence-corrected chi connectivity index (χ3v) is 3.87. The van der Waals surface area contributed by atoms with Gasteiger partial charge in [-0.15, -0.1) is 10.2 Å². The van der Waals surface area contributed by atoms with Gasteiger partial charge in [-0.3, -0.25) is 4.79 Å². The molecule has 8 nitrogen and oxygen atoms in total. The molecule has 0 saturated heterocycles. The summed E-state index contributed by atoms with van der Waals surface area (Å²) in [6.45, 7) is 4.95. The van der Waals surface area contributed by atoms with Gasteiger partial charge in [0.1, 0.15) is 11.6 Å². The van der Waals surface area contributed by atoms with Crippen molar-refractivity contribution in [1.29, 1.82) is 0 Å². The molecule has 1 amide bonds. The average molecular weight is 315 g/mol. The second-order valence-corrected chi connectivity index (χ2v) is 5.99. The van der Waals surface area contributed by atoms with Crippen molar-refractivity contribution >= 4 is 11.7 Å². The molecular weight excluding hydrogens is 294 g/mol. The number of fused-ring (bicyclic) bond motifs is 1. The Morgan fingerprint density at radius 2 is 2.17 bits per heavy atom. The van der Waals surface area contributed by atoms with Gasteiger partial charge in [0, 0.05) is 25.4 Å². The minimum Gasteiger partial charge on any atom is -0.364 e. The first kappa shape index (κ1) is 15.4. The van der Waals surface area contributed by atoms with Gasteiger partial charge in [0.2, 0.25) is 0 Å². The fourth-order valence-corrected chi connectivity index (χ4v) is 2.56. The maximum absolute atomic E-state index is 11.5. The molecule has 3 rings (SSSR count). The summed E-state index contributed by atoms with van der Waals surface area (Å²) < 4.78 is 1.98. The Morgan fingerprint density at radius 1 is 1.35 bits per heavy atom. The Kier molecular flexibility index (Phi) is 4.22. The third kappa shape index (κ3) is 3.30. The molecule has 2 aromatic heterocycles. The van der Waals surface area contributed by atoms with Gasteiger partial charge in [0.25, 0.3) is 5.91 Å². The molecular formula is C15H21N7O. The fraction of sp³-hybridized carbons (Fsp3) is 0.533. The highest BCUT2D eigenvalue weighted by atomic mass is 16.1. The van der Waals surface area contributed by atoms with Crippen molar-refractivity contribution in [2.45, 2.75) is 45.2 Å². The van der Waals surface area contributed by atoms with Gasteiger partial charge in [0.15, 0.2) is 11.5 Å². The summed E-state index contributed by atoms with van der Waals surface area (Å²) in [5, 5.41) is 18.4. The van der Waals surface area contributed by atoms with E-state index in [1.165, 1.54) is 0 Å². The van der Waals surface area contributed by atoms with Crippen LogP contribution in [0.2, 0.25) is 0 Å². The molecule has 122 valence electrons. The van der Waals surface area contributed by atoms with Crippen molar-refractivity contribution < 1.29 is 4.79 Å². The van der Waals surface area contributed by atoms with E-state index in [1.807, 2.05) is 4.68 Å². The van der Waals surface area contributed by atoms with Crippen LogP contribution in [0.1, 0.15) is 48.3 Å². The lowest BCUT2D eigenvalue weighted by atomic mass is 10.1. The molecule has 0 aliphatic carbocycles. The Morgan fingerprint density at radius 3 is 2.83 bits per heavy atom. The van der Waals surface area contributed by atoms with Crippen LogP contribution in [0.25, 0.3) is 0 Å². The molecule has 3 heterocycles. The molecule has 1 aliphatic heterocycles. The summed E-state index contributed by atoms with van der Waals surface area (Å²) in [5.74, 6) is 2.70. The molecule has 23 heavy (non-hydrogen) atoms. The van der Waals surface area contributed by atoms with Gasteiger partial charge >= 0.3 is 0 Å². The van der Waals surface area contributed by atoms with E-state index in [4.69, 9.17) is 0 Å². The molecule has 8 heteroatoms. The molecule has 0 fully saturated rings. The van der Waals surface area contributed by atoms with E-state index in [2.05, 4.69) is 44.8 Å². The highest BCUT2D eigenvalue weighted by Gasteiger charge is 2.22. The van der Waals surface area contributed by atoms with Gasteiger partial charge in [-0.2, -0.15) is 5.10 Å². The number of nitrogens with zero attached hydrogens (tertiary/aromatic N) is 5. The molecule has 2 N–H and O–H groups in total. The lowest BCUT2D eigenvalue weighted by Gasteiger charge is -2.23. The zero-order valence-electron chi connectivity index (χ0n) is 13.6. The van der Waals surface area contributed by atoms with E-state index in [1.54, 1.807) is 19.2 Å². The van der Waals surface area contributed by atoms with Crippen molar-refractivity contribution in [3.8, 4) is 0 Å². The third-order valence-electron chi connectivity index (χ3n) is 3.87. The van der Waals surface area contributed by atoms with E-state index in [-0.39, 0.29) is 11.9 Å². The van der Waals surface area contributed by atoms with Gasteiger partial charge in [-0.05, 0) is 18.6 Å². The topological polar surface area (TPSA) is 97.6 Å². The standard InChI is InChI=1S/C15H21N7O/c1-9(2)14-18-13-7-4-10(8-22(13)21-14)17-12-6-5-11(19-20-12)15(23)16-3/h5-6,9-10H,4,7-8H2,1-3H3,(H,16,23)(H,17,20).